The molecule has 0 aliphatic rings. The summed E-state index contributed by atoms with van der Waals surface area (Å²) in [4.78, 5) is 23.9. The van der Waals surface area contributed by atoms with Gasteiger partial charge in [-0.15, -0.1) is 0 Å². The number of aryl methyl sites for hydroxylation is 1. The molecule has 0 saturated heterocycles. The molecule has 1 aromatic carbocycles. The number of ether oxygens (including phenoxy) is 2. The average Bonchev–Trinajstić information content (AvgIpc) is 2.57. The second-order valence-corrected chi connectivity index (χ2v) is 5.37. The molecule has 2 rings (SSSR count). The third kappa shape index (κ3) is 4.85. The highest BCUT2D eigenvalue weighted by molar-refractivity contribution is 6.05. The second kappa shape index (κ2) is 8.05. The molecule has 2 aromatic rings. The van der Waals surface area contributed by atoms with Crippen molar-refractivity contribution in [1.29, 1.82) is 0 Å². The third-order valence-corrected chi connectivity index (χ3v) is 3.47. The molecule has 1 amide bonds. The Morgan fingerprint density at radius 2 is 1.92 bits per heavy atom. The fraction of sp³-hybridized carbons (Fsp3) is 0.294. The molecule has 0 spiro atoms. The van der Waals surface area contributed by atoms with E-state index in [2.05, 4.69) is 5.32 Å². The Kier molecular flexibility index (Phi) is 6.04. The van der Waals surface area contributed by atoms with Crippen LogP contribution in [0.4, 0.5) is 18.9 Å². The zero-order valence-corrected chi connectivity index (χ0v) is 14.1. The number of aromatic nitrogens is 1. The normalized spacial score (nSPS) is 11.3. The lowest BCUT2D eigenvalue weighted by atomic mass is 10.1. The van der Waals surface area contributed by atoms with Crippen molar-refractivity contribution in [2.75, 3.05) is 25.6 Å². The van der Waals surface area contributed by atoms with Crippen LogP contribution in [0.2, 0.25) is 0 Å². The lowest BCUT2D eigenvalue weighted by molar-refractivity contribution is -0.137. The van der Waals surface area contributed by atoms with E-state index < -0.39 is 23.2 Å². The summed E-state index contributed by atoms with van der Waals surface area (Å²) in [5.41, 5.74) is -1.48. The van der Waals surface area contributed by atoms with Crippen LogP contribution in [0.15, 0.2) is 41.3 Å². The van der Waals surface area contributed by atoms with E-state index in [1.54, 1.807) is 0 Å². The smallest absolute Gasteiger partial charge is 0.416 e. The molecule has 140 valence electrons. The number of alkyl halides is 3. The van der Waals surface area contributed by atoms with Gasteiger partial charge in [-0.25, -0.2) is 0 Å². The SMILES string of the molecule is COCCOc1ccc(C(F)(F)F)cc1NC(=O)c1ccn(C)c(=O)c1. The van der Waals surface area contributed by atoms with E-state index in [9.17, 15) is 22.8 Å². The summed E-state index contributed by atoms with van der Waals surface area (Å²) in [5.74, 6) is -0.661. The Bertz CT molecular complexity index is 847. The van der Waals surface area contributed by atoms with Crippen molar-refractivity contribution in [2.24, 2.45) is 7.05 Å². The van der Waals surface area contributed by atoms with E-state index in [0.29, 0.717) is 0 Å². The van der Waals surface area contributed by atoms with Crippen molar-refractivity contribution in [1.82, 2.24) is 4.57 Å². The molecule has 6 nitrogen and oxygen atoms in total. The molecule has 1 heterocycles. The molecule has 1 aromatic heterocycles. The first-order valence-corrected chi connectivity index (χ1v) is 7.53. The Morgan fingerprint density at radius 1 is 1.19 bits per heavy atom. The van der Waals surface area contributed by atoms with Gasteiger partial charge in [-0.3, -0.25) is 9.59 Å². The molecule has 0 fully saturated rings. The molecular formula is C17H17F3N2O4. The number of pyridine rings is 1. The first kappa shape index (κ1) is 19.5. The van der Waals surface area contributed by atoms with Crippen molar-refractivity contribution in [2.45, 2.75) is 6.18 Å². The number of hydrogen-bond donors (Lipinski definition) is 1. The number of anilines is 1. The molecule has 26 heavy (non-hydrogen) atoms. The van der Waals surface area contributed by atoms with Crippen molar-refractivity contribution in [3.8, 4) is 5.75 Å². The highest BCUT2D eigenvalue weighted by atomic mass is 19.4. The van der Waals surface area contributed by atoms with Crippen LogP contribution in [-0.4, -0.2) is 30.8 Å². The maximum absolute atomic E-state index is 12.9. The van der Waals surface area contributed by atoms with Crippen LogP contribution >= 0.6 is 0 Å². The number of halogens is 3. The highest BCUT2D eigenvalue weighted by Crippen LogP contribution is 2.35. The first-order chi connectivity index (χ1) is 12.2. The van der Waals surface area contributed by atoms with Crippen LogP contribution in [0.1, 0.15) is 15.9 Å². The van der Waals surface area contributed by atoms with Gasteiger partial charge in [0.05, 0.1) is 17.9 Å². The number of carbonyl (C=O) groups is 1. The molecule has 0 radical (unpaired) electrons. The molecule has 0 aliphatic carbocycles. The zero-order chi connectivity index (χ0) is 19.3. The minimum atomic E-state index is -4.58. The number of rotatable bonds is 6. The number of methoxy groups -OCH3 is 1. The predicted octanol–water partition coefficient (Wildman–Crippen LogP) is 2.68. The minimum Gasteiger partial charge on any atom is -0.489 e. The van der Waals surface area contributed by atoms with E-state index in [-0.39, 0.29) is 30.2 Å². The summed E-state index contributed by atoms with van der Waals surface area (Å²) in [6.45, 7) is 0.319. The topological polar surface area (TPSA) is 69.6 Å². The molecule has 0 saturated carbocycles. The molecule has 9 heteroatoms. The summed E-state index contributed by atoms with van der Waals surface area (Å²) >= 11 is 0. The maximum Gasteiger partial charge on any atom is 0.416 e. The largest absolute Gasteiger partial charge is 0.489 e. The summed E-state index contributed by atoms with van der Waals surface area (Å²) < 4.78 is 50.3. The van der Waals surface area contributed by atoms with Gasteiger partial charge in [-0.1, -0.05) is 0 Å². The molecule has 0 aliphatic heterocycles. The van der Waals surface area contributed by atoms with E-state index >= 15 is 0 Å². The van der Waals surface area contributed by atoms with Gasteiger partial charge in [-0.2, -0.15) is 13.2 Å². The zero-order valence-electron chi connectivity index (χ0n) is 14.1. The monoisotopic (exact) mass is 370 g/mol. The highest BCUT2D eigenvalue weighted by Gasteiger charge is 2.31. The lowest BCUT2D eigenvalue weighted by Gasteiger charge is -2.15. The van der Waals surface area contributed by atoms with Crippen molar-refractivity contribution < 1.29 is 27.4 Å². The fourth-order valence-corrected chi connectivity index (χ4v) is 2.05. The molecule has 0 unspecified atom stereocenters. The molecule has 0 atom stereocenters. The van der Waals surface area contributed by atoms with Gasteiger partial charge >= 0.3 is 6.18 Å². The third-order valence-electron chi connectivity index (χ3n) is 3.47. The maximum atomic E-state index is 12.9. The van der Waals surface area contributed by atoms with Crippen LogP contribution in [0.25, 0.3) is 0 Å². The van der Waals surface area contributed by atoms with Gasteiger partial charge in [-0.05, 0) is 24.3 Å². The predicted molar refractivity (Wildman–Crippen MR) is 88.5 cm³/mol. The van der Waals surface area contributed by atoms with Crippen molar-refractivity contribution >= 4 is 11.6 Å². The summed E-state index contributed by atoms with van der Waals surface area (Å²) in [5, 5.41) is 2.36. The number of benzene rings is 1. The molecule has 1 N–H and O–H groups in total. The molecular weight excluding hydrogens is 353 g/mol. The van der Waals surface area contributed by atoms with Crippen molar-refractivity contribution in [3.63, 3.8) is 0 Å². The van der Waals surface area contributed by atoms with Crippen LogP contribution in [0.3, 0.4) is 0 Å². The van der Waals surface area contributed by atoms with Gasteiger partial charge in [0.15, 0.2) is 0 Å². The Morgan fingerprint density at radius 3 is 2.54 bits per heavy atom. The van der Waals surface area contributed by atoms with Crippen LogP contribution in [-0.2, 0) is 18.0 Å². The summed E-state index contributed by atoms with van der Waals surface area (Å²) in [6, 6.07) is 5.24. The second-order valence-electron chi connectivity index (χ2n) is 5.37. The average molecular weight is 370 g/mol. The van der Waals surface area contributed by atoms with Crippen molar-refractivity contribution in [3.05, 3.63) is 58.0 Å². The van der Waals surface area contributed by atoms with E-state index in [0.717, 1.165) is 24.3 Å². The summed E-state index contributed by atoms with van der Waals surface area (Å²) in [7, 11) is 2.97. The van der Waals surface area contributed by atoms with E-state index in [1.165, 1.54) is 31.0 Å². The van der Waals surface area contributed by atoms with Gasteiger partial charge in [0.2, 0.25) is 0 Å². The summed E-state index contributed by atoms with van der Waals surface area (Å²) in [6.07, 6.45) is -3.19. The number of carbonyl (C=O) groups excluding carboxylic acids is 1. The van der Waals surface area contributed by atoms with E-state index in [4.69, 9.17) is 9.47 Å². The van der Waals surface area contributed by atoms with Gasteiger partial charge in [0.25, 0.3) is 11.5 Å². The Balaban J connectivity index is 2.32. The van der Waals surface area contributed by atoms with Crippen LogP contribution < -0.4 is 15.6 Å². The number of amides is 1. The first-order valence-electron chi connectivity index (χ1n) is 7.53. The van der Waals surface area contributed by atoms with Gasteiger partial charge in [0, 0.05) is 32.0 Å². The Hall–Kier alpha value is -2.81. The number of hydrogen-bond acceptors (Lipinski definition) is 4. The standard InChI is InChI=1S/C17H17F3N2O4/c1-22-6-5-11(9-15(22)23)16(24)21-13-10-12(17(18,19)20)3-4-14(13)26-8-7-25-2/h3-6,9-10H,7-8H2,1-2H3,(H,21,24). The fourth-order valence-electron chi connectivity index (χ4n) is 2.05. The molecule has 0 bridgehead atoms. The van der Waals surface area contributed by atoms with E-state index in [1.807, 2.05) is 0 Å². The van der Waals surface area contributed by atoms with Gasteiger partial charge in [0.1, 0.15) is 12.4 Å². The number of nitrogens with one attached hydrogen (secondary N) is 1. The minimum absolute atomic E-state index is 0.0216. The van der Waals surface area contributed by atoms with Gasteiger partial charge < -0.3 is 19.4 Å². The van der Waals surface area contributed by atoms with Crippen LogP contribution in [0, 0.1) is 0 Å². The number of nitrogens with zero attached hydrogens (tertiary/aromatic N) is 1. The quantitative estimate of drug-likeness (QED) is 0.794. The van der Waals surface area contributed by atoms with Crippen LogP contribution in [0.5, 0.6) is 5.75 Å². The Labute approximate surface area is 147 Å². The lowest BCUT2D eigenvalue weighted by Crippen LogP contribution is -2.20.